The third-order valence-corrected chi connectivity index (χ3v) is 7.83. The van der Waals surface area contributed by atoms with Crippen molar-refractivity contribution in [3.05, 3.63) is 71.8 Å². The maximum atomic E-state index is 13.0. The van der Waals surface area contributed by atoms with Crippen LogP contribution in [-0.2, 0) is 14.8 Å². The Labute approximate surface area is 195 Å². The minimum Gasteiger partial charge on any atom is -0.339 e. The number of H-pyrrole nitrogens is 1. The average molecular weight is 488 g/mol. The highest BCUT2D eigenvalue weighted by Gasteiger charge is 2.30. The van der Waals surface area contributed by atoms with Crippen LogP contribution in [0.3, 0.4) is 0 Å². The van der Waals surface area contributed by atoms with Crippen LogP contribution in [0.1, 0.15) is 11.4 Å². The van der Waals surface area contributed by atoms with E-state index in [4.69, 9.17) is 0 Å². The first kappa shape index (κ1) is 23.1. The molecule has 1 aliphatic heterocycles. The summed E-state index contributed by atoms with van der Waals surface area (Å²) in [7, 11) is -3.55. The number of amides is 1. The highest BCUT2D eigenvalue weighted by atomic mass is 32.2. The number of carbonyl (C=O) groups excluding carboxylic acids is 1. The first-order valence-electron chi connectivity index (χ1n) is 10.2. The van der Waals surface area contributed by atoms with Crippen molar-refractivity contribution < 1.29 is 17.6 Å². The van der Waals surface area contributed by atoms with Crippen molar-refractivity contribution >= 4 is 39.8 Å². The first-order valence-corrected chi connectivity index (χ1v) is 12.7. The minimum absolute atomic E-state index is 0.0926. The molecule has 0 radical (unpaired) electrons. The van der Waals surface area contributed by atoms with E-state index in [1.54, 1.807) is 59.5 Å². The number of rotatable bonds is 7. The fourth-order valence-corrected chi connectivity index (χ4v) is 5.43. The van der Waals surface area contributed by atoms with Gasteiger partial charge in [-0.15, -0.1) is 5.10 Å². The average Bonchev–Trinajstić information content (AvgIpc) is 3.31. The van der Waals surface area contributed by atoms with Crippen LogP contribution in [0.15, 0.2) is 64.6 Å². The molecule has 0 unspecified atom stereocenters. The summed E-state index contributed by atoms with van der Waals surface area (Å²) in [5.41, 5.74) is 0.825. The van der Waals surface area contributed by atoms with E-state index in [9.17, 15) is 17.6 Å². The molecular formula is C22H22FN5O3S2. The molecular weight excluding hydrogens is 465 g/mol. The van der Waals surface area contributed by atoms with Gasteiger partial charge in [-0.2, -0.15) is 4.31 Å². The Kier molecular flexibility index (Phi) is 7.21. The first-order chi connectivity index (χ1) is 15.9. The molecule has 4 rings (SSSR count). The van der Waals surface area contributed by atoms with E-state index in [2.05, 4.69) is 15.2 Å². The van der Waals surface area contributed by atoms with Crippen molar-refractivity contribution in [2.45, 2.75) is 10.1 Å². The number of thioether (sulfide) groups is 1. The summed E-state index contributed by atoms with van der Waals surface area (Å²) in [4.78, 5) is 18.8. The molecule has 1 saturated heterocycles. The molecule has 0 atom stereocenters. The number of nitrogens with zero attached hydrogens (tertiary/aromatic N) is 4. The number of aromatic nitrogens is 3. The lowest BCUT2D eigenvalue weighted by molar-refractivity contribution is -0.129. The van der Waals surface area contributed by atoms with Gasteiger partial charge in [0.15, 0.2) is 0 Å². The van der Waals surface area contributed by atoms with Gasteiger partial charge in [-0.25, -0.2) is 17.8 Å². The fraction of sp³-hybridized carbons (Fsp3) is 0.227. The Hall–Kier alpha value is -3.02. The number of piperazine rings is 1. The van der Waals surface area contributed by atoms with E-state index >= 15 is 0 Å². The lowest BCUT2D eigenvalue weighted by atomic mass is 10.2. The highest BCUT2D eigenvalue weighted by Crippen LogP contribution is 2.19. The number of aromatic amines is 1. The molecule has 3 aromatic rings. The van der Waals surface area contributed by atoms with E-state index < -0.39 is 10.0 Å². The molecule has 8 nitrogen and oxygen atoms in total. The monoisotopic (exact) mass is 487 g/mol. The summed E-state index contributed by atoms with van der Waals surface area (Å²) >= 11 is 1.21. The van der Waals surface area contributed by atoms with Gasteiger partial charge < -0.3 is 4.90 Å². The minimum atomic E-state index is -3.55. The molecule has 0 bridgehead atoms. The van der Waals surface area contributed by atoms with Gasteiger partial charge in [0, 0.05) is 26.2 Å². The second-order valence-corrected chi connectivity index (χ2v) is 10.2. The third kappa shape index (κ3) is 5.86. The SMILES string of the molecule is O=C(CSc1n[nH]c(/C=C/c2ccc(F)cc2)n1)N1CCN(S(=O)(=O)c2ccccc2)CC1. The predicted molar refractivity (Wildman–Crippen MR) is 124 cm³/mol. The lowest BCUT2D eigenvalue weighted by Crippen LogP contribution is -2.50. The number of benzene rings is 2. The summed E-state index contributed by atoms with van der Waals surface area (Å²) in [5, 5.41) is 7.32. The largest absolute Gasteiger partial charge is 0.339 e. The summed E-state index contributed by atoms with van der Waals surface area (Å²) in [6.45, 7) is 1.19. The fourth-order valence-electron chi connectivity index (χ4n) is 3.28. The molecule has 1 N–H and O–H groups in total. The quantitative estimate of drug-likeness (QED) is 0.515. The Bertz CT molecular complexity index is 1220. The van der Waals surface area contributed by atoms with Crippen LogP contribution in [0.2, 0.25) is 0 Å². The molecule has 2 aromatic carbocycles. The van der Waals surface area contributed by atoms with Gasteiger partial charge in [-0.3, -0.25) is 9.89 Å². The van der Waals surface area contributed by atoms with Gasteiger partial charge in [-0.1, -0.05) is 48.2 Å². The normalized spacial score (nSPS) is 15.2. The van der Waals surface area contributed by atoms with Crippen LogP contribution in [-0.4, -0.2) is 70.6 Å². The number of halogens is 1. The summed E-state index contributed by atoms with van der Waals surface area (Å²) in [5.74, 6) is 0.290. The van der Waals surface area contributed by atoms with Crippen molar-refractivity contribution in [1.29, 1.82) is 0 Å². The molecule has 11 heteroatoms. The Morgan fingerprint density at radius 1 is 1.03 bits per heavy atom. The second-order valence-electron chi connectivity index (χ2n) is 7.27. The van der Waals surface area contributed by atoms with E-state index in [0.29, 0.717) is 24.1 Å². The number of hydrogen-bond donors (Lipinski definition) is 1. The zero-order valence-corrected chi connectivity index (χ0v) is 19.2. The van der Waals surface area contributed by atoms with Crippen LogP contribution in [0, 0.1) is 5.82 Å². The van der Waals surface area contributed by atoms with Crippen molar-refractivity contribution in [2.24, 2.45) is 0 Å². The Morgan fingerprint density at radius 3 is 2.42 bits per heavy atom. The van der Waals surface area contributed by atoms with Crippen molar-refractivity contribution in [1.82, 2.24) is 24.4 Å². The predicted octanol–water partition coefficient (Wildman–Crippen LogP) is 2.74. The number of sulfonamides is 1. The van der Waals surface area contributed by atoms with E-state index in [1.807, 2.05) is 0 Å². The Balaban J connectivity index is 1.26. The maximum absolute atomic E-state index is 13.0. The molecule has 1 amide bonds. The maximum Gasteiger partial charge on any atom is 0.243 e. The zero-order chi connectivity index (χ0) is 23.3. The van der Waals surface area contributed by atoms with Crippen LogP contribution < -0.4 is 0 Å². The molecule has 1 aromatic heterocycles. The second kappa shape index (κ2) is 10.3. The van der Waals surface area contributed by atoms with Gasteiger partial charge >= 0.3 is 0 Å². The molecule has 2 heterocycles. The molecule has 0 saturated carbocycles. The summed E-state index contributed by atoms with van der Waals surface area (Å²) in [6, 6.07) is 14.4. The smallest absolute Gasteiger partial charge is 0.243 e. The molecule has 0 spiro atoms. The van der Waals surface area contributed by atoms with Gasteiger partial charge in [0.25, 0.3) is 0 Å². The van der Waals surface area contributed by atoms with Crippen molar-refractivity contribution in [3.8, 4) is 0 Å². The highest BCUT2D eigenvalue weighted by molar-refractivity contribution is 7.99. The number of hydrogen-bond acceptors (Lipinski definition) is 6. The van der Waals surface area contributed by atoms with Crippen LogP contribution in [0.4, 0.5) is 4.39 Å². The van der Waals surface area contributed by atoms with Crippen molar-refractivity contribution in [2.75, 3.05) is 31.9 Å². The molecule has 33 heavy (non-hydrogen) atoms. The molecule has 0 aliphatic carbocycles. The third-order valence-electron chi connectivity index (χ3n) is 5.08. The number of carbonyl (C=O) groups is 1. The summed E-state index contributed by atoms with van der Waals surface area (Å²) in [6.07, 6.45) is 3.50. The van der Waals surface area contributed by atoms with Gasteiger partial charge in [-0.05, 0) is 35.9 Å². The van der Waals surface area contributed by atoms with Crippen LogP contribution in [0.5, 0.6) is 0 Å². The van der Waals surface area contributed by atoms with Crippen molar-refractivity contribution in [3.63, 3.8) is 0 Å². The summed E-state index contributed by atoms with van der Waals surface area (Å²) < 4.78 is 39.8. The number of nitrogens with one attached hydrogen (secondary N) is 1. The van der Waals surface area contributed by atoms with Crippen LogP contribution >= 0.6 is 11.8 Å². The molecule has 1 fully saturated rings. The topological polar surface area (TPSA) is 99.3 Å². The standard InChI is InChI=1S/C22H22FN5O3S2/c23-18-9-6-17(7-10-18)8-11-20-24-22(26-25-20)32-16-21(29)27-12-14-28(15-13-27)33(30,31)19-4-2-1-3-5-19/h1-11H,12-16H2,(H,24,25,26)/b11-8+. The van der Waals surface area contributed by atoms with E-state index in [1.165, 1.54) is 28.2 Å². The van der Waals surface area contributed by atoms with E-state index in [0.717, 1.165) is 5.56 Å². The van der Waals surface area contributed by atoms with Gasteiger partial charge in [0.2, 0.25) is 21.1 Å². The van der Waals surface area contributed by atoms with Crippen LogP contribution in [0.25, 0.3) is 12.2 Å². The Morgan fingerprint density at radius 2 is 1.73 bits per heavy atom. The molecule has 172 valence electrons. The van der Waals surface area contributed by atoms with Gasteiger partial charge in [0.05, 0.1) is 10.6 Å². The molecule has 1 aliphatic rings. The van der Waals surface area contributed by atoms with Gasteiger partial charge in [0.1, 0.15) is 11.6 Å². The lowest BCUT2D eigenvalue weighted by Gasteiger charge is -2.33. The zero-order valence-electron chi connectivity index (χ0n) is 17.6. The van der Waals surface area contributed by atoms with E-state index in [-0.39, 0.29) is 35.5 Å².